The molecule has 2 fully saturated rings. The zero-order valence-corrected chi connectivity index (χ0v) is 20.1. The first-order chi connectivity index (χ1) is 15.6. The molecule has 32 heavy (non-hydrogen) atoms. The summed E-state index contributed by atoms with van der Waals surface area (Å²) in [5.41, 5.74) is 1.79. The molecule has 0 bridgehead atoms. The van der Waals surface area contributed by atoms with Crippen LogP contribution in [0.5, 0.6) is 0 Å². The number of carbonyl (C=O) groups excluding carboxylic acids is 1. The Labute approximate surface area is 196 Å². The van der Waals surface area contributed by atoms with Gasteiger partial charge in [-0.15, -0.1) is 21.5 Å². The van der Waals surface area contributed by atoms with E-state index in [1.165, 1.54) is 37.0 Å². The van der Waals surface area contributed by atoms with Gasteiger partial charge < -0.3 is 4.90 Å². The Morgan fingerprint density at radius 3 is 2.59 bits per heavy atom. The molecule has 0 atom stereocenters. The minimum atomic E-state index is -0.0429. The molecule has 7 nitrogen and oxygen atoms in total. The van der Waals surface area contributed by atoms with Crippen LogP contribution in [0.4, 0.5) is 16.8 Å². The van der Waals surface area contributed by atoms with E-state index in [2.05, 4.69) is 26.6 Å². The Bertz CT molecular complexity index is 1070. The molecule has 1 saturated carbocycles. The number of hydrogen-bond donors (Lipinski definition) is 0. The predicted molar refractivity (Wildman–Crippen MR) is 130 cm³/mol. The van der Waals surface area contributed by atoms with E-state index in [-0.39, 0.29) is 5.91 Å². The van der Waals surface area contributed by atoms with Crippen LogP contribution in [0.3, 0.4) is 0 Å². The molecule has 0 spiro atoms. The number of piperidine rings is 1. The van der Waals surface area contributed by atoms with Gasteiger partial charge in [-0.1, -0.05) is 36.9 Å². The van der Waals surface area contributed by atoms with Crippen LogP contribution in [0.1, 0.15) is 51.3 Å². The molecule has 1 saturated heterocycles. The molecular formula is C23H28N6OS2. The molecule has 9 heteroatoms. The summed E-state index contributed by atoms with van der Waals surface area (Å²) in [6.07, 6.45) is 4.84. The lowest BCUT2D eigenvalue weighted by molar-refractivity contribution is -0.115. The number of nitrogens with zero attached hydrogens (tertiary/aromatic N) is 6. The summed E-state index contributed by atoms with van der Waals surface area (Å²) < 4.78 is 2.35. The van der Waals surface area contributed by atoms with E-state index in [0.29, 0.717) is 16.9 Å². The van der Waals surface area contributed by atoms with Crippen molar-refractivity contribution in [3.63, 3.8) is 0 Å². The second-order valence-electron chi connectivity index (χ2n) is 8.65. The number of aromatic nitrogens is 4. The average molecular weight is 469 g/mol. The summed E-state index contributed by atoms with van der Waals surface area (Å²) in [5.74, 6) is 2.49. The summed E-state index contributed by atoms with van der Waals surface area (Å²) in [6.45, 7) is 6.03. The van der Waals surface area contributed by atoms with Crippen molar-refractivity contribution in [1.82, 2.24) is 19.7 Å². The van der Waals surface area contributed by atoms with Crippen LogP contribution in [0.25, 0.3) is 0 Å². The standard InChI is InChI=1S/C23H28N6OS2/c1-16-10-12-27(13-11-16)21-25-26-23(29(21)20-8-9-20)32-15-18-14-31-22(24-18)28(17(2)30)19-6-4-3-5-7-19/h3-7,14,16,20H,8-13,15H2,1-2H3. The smallest absolute Gasteiger partial charge is 0.230 e. The molecule has 0 N–H and O–H groups in total. The summed E-state index contributed by atoms with van der Waals surface area (Å²) in [4.78, 5) is 21.1. The lowest BCUT2D eigenvalue weighted by Crippen LogP contribution is -2.34. The van der Waals surface area contributed by atoms with Gasteiger partial charge in [0.05, 0.1) is 11.4 Å². The average Bonchev–Trinajstić information content (AvgIpc) is 3.38. The van der Waals surface area contributed by atoms with Crippen molar-refractivity contribution in [2.75, 3.05) is 22.9 Å². The van der Waals surface area contributed by atoms with Crippen LogP contribution in [-0.2, 0) is 10.5 Å². The van der Waals surface area contributed by atoms with Gasteiger partial charge in [-0.3, -0.25) is 14.3 Å². The van der Waals surface area contributed by atoms with Crippen molar-refractivity contribution < 1.29 is 4.79 Å². The molecular weight excluding hydrogens is 440 g/mol. The van der Waals surface area contributed by atoms with Crippen molar-refractivity contribution in [3.05, 3.63) is 41.4 Å². The number of rotatable bonds is 7. The minimum Gasteiger partial charge on any atom is -0.341 e. The minimum absolute atomic E-state index is 0.0429. The molecule has 0 radical (unpaired) electrons. The highest BCUT2D eigenvalue weighted by molar-refractivity contribution is 7.98. The number of hydrogen-bond acceptors (Lipinski definition) is 7. The van der Waals surface area contributed by atoms with Crippen molar-refractivity contribution >= 4 is 45.8 Å². The van der Waals surface area contributed by atoms with Crippen molar-refractivity contribution in [1.29, 1.82) is 0 Å². The Morgan fingerprint density at radius 2 is 1.91 bits per heavy atom. The SMILES string of the molecule is CC(=O)N(c1ccccc1)c1nc(CSc2nnc(N3CCC(C)CC3)n2C2CC2)cs1. The molecule has 1 amide bonds. The van der Waals surface area contributed by atoms with E-state index in [0.717, 1.165) is 41.5 Å². The fourth-order valence-corrected chi connectivity index (χ4v) is 5.94. The number of amides is 1. The van der Waals surface area contributed by atoms with E-state index in [4.69, 9.17) is 4.98 Å². The molecule has 1 aliphatic heterocycles. The molecule has 0 unspecified atom stereocenters. The van der Waals surface area contributed by atoms with Gasteiger partial charge in [-0.05, 0) is 43.7 Å². The Hall–Kier alpha value is -2.39. The first kappa shape index (κ1) is 21.5. The molecule has 168 valence electrons. The molecule has 2 aliphatic rings. The summed E-state index contributed by atoms with van der Waals surface area (Å²) in [7, 11) is 0. The van der Waals surface area contributed by atoms with Crippen molar-refractivity contribution in [3.8, 4) is 0 Å². The zero-order chi connectivity index (χ0) is 22.1. The van der Waals surface area contributed by atoms with Gasteiger partial charge in [-0.25, -0.2) is 4.98 Å². The lowest BCUT2D eigenvalue weighted by Gasteiger charge is -2.31. The molecule has 1 aromatic carbocycles. The first-order valence-electron chi connectivity index (χ1n) is 11.2. The predicted octanol–water partition coefficient (Wildman–Crippen LogP) is 5.28. The van der Waals surface area contributed by atoms with Crippen LogP contribution in [0, 0.1) is 5.92 Å². The van der Waals surface area contributed by atoms with Gasteiger partial charge in [0, 0.05) is 37.2 Å². The van der Waals surface area contributed by atoms with Crippen LogP contribution < -0.4 is 9.80 Å². The van der Waals surface area contributed by atoms with Crippen molar-refractivity contribution in [2.45, 2.75) is 56.5 Å². The summed E-state index contributed by atoms with van der Waals surface area (Å²) in [5, 5.41) is 12.8. The number of anilines is 3. The van der Waals surface area contributed by atoms with Crippen LogP contribution in [-0.4, -0.2) is 38.7 Å². The molecule has 5 rings (SSSR count). The van der Waals surface area contributed by atoms with Crippen LogP contribution in [0.15, 0.2) is 40.9 Å². The first-order valence-corrected chi connectivity index (χ1v) is 13.1. The van der Waals surface area contributed by atoms with Gasteiger partial charge in [0.1, 0.15) is 0 Å². The third-order valence-electron chi connectivity index (χ3n) is 6.03. The number of carbonyl (C=O) groups is 1. The second-order valence-corrected chi connectivity index (χ2v) is 10.4. The number of thiazole rings is 1. The van der Waals surface area contributed by atoms with Gasteiger partial charge >= 0.3 is 0 Å². The van der Waals surface area contributed by atoms with Gasteiger partial charge in [-0.2, -0.15) is 0 Å². The molecule has 2 aromatic heterocycles. The quantitative estimate of drug-likeness (QED) is 0.439. The zero-order valence-electron chi connectivity index (χ0n) is 18.5. The second kappa shape index (κ2) is 9.23. The Balaban J connectivity index is 1.31. The molecule has 3 heterocycles. The summed E-state index contributed by atoms with van der Waals surface area (Å²) >= 11 is 3.18. The lowest BCUT2D eigenvalue weighted by atomic mass is 10.00. The van der Waals surface area contributed by atoms with E-state index in [1.807, 2.05) is 35.7 Å². The third kappa shape index (κ3) is 4.54. The highest BCUT2D eigenvalue weighted by Gasteiger charge is 2.32. The number of para-hydroxylation sites is 1. The molecule has 1 aliphatic carbocycles. The highest BCUT2D eigenvalue weighted by atomic mass is 32.2. The number of thioether (sulfide) groups is 1. The van der Waals surface area contributed by atoms with E-state index in [9.17, 15) is 4.79 Å². The van der Waals surface area contributed by atoms with E-state index in [1.54, 1.807) is 23.6 Å². The largest absolute Gasteiger partial charge is 0.341 e. The van der Waals surface area contributed by atoms with E-state index < -0.39 is 0 Å². The fraction of sp³-hybridized carbons (Fsp3) is 0.478. The normalized spacial score (nSPS) is 17.0. The van der Waals surface area contributed by atoms with Crippen LogP contribution in [0.2, 0.25) is 0 Å². The van der Waals surface area contributed by atoms with Gasteiger partial charge in [0.2, 0.25) is 11.9 Å². The summed E-state index contributed by atoms with van der Waals surface area (Å²) in [6, 6.07) is 10.2. The van der Waals surface area contributed by atoms with E-state index >= 15 is 0 Å². The maximum absolute atomic E-state index is 12.3. The maximum atomic E-state index is 12.3. The maximum Gasteiger partial charge on any atom is 0.230 e. The Morgan fingerprint density at radius 1 is 1.16 bits per heavy atom. The number of benzene rings is 1. The highest BCUT2D eigenvalue weighted by Crippen LogP contribution is 2.42. The van der Waals surface area contributed by atoms with Gasteiger partial charge in [0.15, 0.2) is 10.3 Å². The van der Waals surface area contributed by atoms with Crippen LogP contribution >= 0.6 is 23.1 Å². The topological polar surface area (TPSA) is 67.2 Å². The monoisotopic (exact) mass is 468 g/mol. The third-order valence-corrected chi connectivity index (χ3v) is 7.89. The fourth-order valence-electron chi connectivity index (χ4n) is 4.05. The molecule has 3 aromatic rings. The Kier molecular flexibility index (Phi) is 6.19. The van der Waals surface area contributed by atoms with Gasteiger partial charge in [0.25, 0.3) is 0 Å². The van der Waals surface area contributed by atoms with Crippen molar-refractivity contribution in [2.24, 2.45) is 5.92 Å².